The second kappa shape index (κ2) is 9.97. The van der Waals surface area contributed by atoms with Crippen LogP contribution >= 0.6 is 0 Å². The number of aromatic hydroxyl groups is 1. The molecule has 0 aliphatic carbocycles. The predicted molar refractivity (Wildman–Crippen MR) is 115 cm³/mol. The molecule has 1 fully saturated rings. The Morgan fingerprint density at radius 1 is 1.00 bits per heavy atom. The van der Waals surface area contributed by atoms with E-state index in [1.54, 1.807) is 12.1 Å². The standard InChI is InChI=1S/C23H22F6N4O3/c24-22(25,26)15-8-13(9-16(10-15)23(27,28)29)12-36-18-2-1-7-33(11-19-30-21(35)32-31-19)20(18)14-3-5-17(34)6-4-14/h3-6,8-10,18,20,34H,1-2,7,11-12H2,(H2,30,31,32,35)/t18-,20-/m1/s1. The Morgan fingerprint density at radius 2 is 1.64 bits per heavy atom. The van der Waals surface area contributed by atoms with E-state index >= 15 is 0 Å². The van der Waals surface area contributed by atoms with Gasteiger partial charge in [0.1, 0.15) is 11.6 Å². The number of ether oxygens (including phenoxy) is 1. The van der Waals surface area contributed by atoms with Crippen LogP contribution < -0.4 is 5.69 Å². The van der Waals surface area contributed by atoms with Crippen molar-refractivity contribution >= 4 is 0 Å². The molecule has 1 aromatic heterocycles. The Hall–Kier alpha value is -3.32. The van der Waals surface area contributed by atoms with Gasteiger partial charge in [-0.1, -0.05) is 12.1 Å². The number of halogens is 6. The monoisotopic (exact) mass is 516 g/mol. The lowest BCUT2D eigenvalue weighted by molar-refractivity contribution is -0.143. The number of phenolic OH excluding ortho intramolecular Hbond substituents is 1. The molecule has 0 unspecified atom stereocenters. The minimum atomic E-state index is -4.95. The molecular weight excluding hydrogens is 494 g/mol. The van der Waals surface area contributed by atoms with Gasteiger partial charge in [-0.25, -0.2) is 9.89 Å². The number of nitrogens with one attached hydrogen (secondary N) is 2. The van der Waals surface area contributed by atoms with Gasteiger partial charge in [0.05, 0.1) is 36.4 Å². The van der Waals surface area contributed by atoms with Crippen molar-refractivity contribution in [1.29, 1.82) is 0 Å². The fraction of sp³-hybridized carbons (Fsp3) is 0.391. The van der Waals surface area contributed by atoms with E-state index in [4.69, 9.17) is 4.74 Å². The number of alkyl halides is 6. The normalized spacial score (nSPS) is 19.5. The van der Waals surface area contributed by atoms with Gasteiger partial charge in [-0.2, -0.15) is 31.3 Å². The summed E-state index contributed by atoms with van der Waals surface area (Å²) in [6.45, 7) is 0.313. The van der Waals surface area contributed by atoms with Crippen molar-refractivity contribution in [3.05, 3.63) is 81.0 Å². The van der Waals surface area contributed by atoms with Gasteiger partial charge in [0, 0.05) is 0 Å². The first-order valence-corrected chi connectivity index (χ1v) is 11.0. The van der Waals surface area contributed by atoms with Crippen LogP contribution in [0.5, 0.6) is 5.75 Å². The summed E-state index contributed by atoms with van der Waals surface area (Å²) in [7, 11) is 0. The van der Waals surface area contributed by atoms with Gasteiger partial charge in [0.2, 0.25) is 0 Å². The molecule has 2 aromatic carbocycles. The molecule has 1 aliphatic heterocycles. The molecule has 1 aliphatic rings. The number of H-pyrrole nitrogens is 2. The zero-order valence-electron chi connectivity index (χ0n) is 18.7. The fourth-order valence-corrected chi connectivity index (χ4v) is 4.35. The third-order valence-electron chi connectivity index (χ3n) is 5.93. The fourth-order valence-electron chi connectivity index (χ4n) is 4.35. The first kappa shape index (κ1) is 25.8. The van der Waals surface area contributed by atoms with E-state index in [1.807, 2.05) is 4.90 Å². The Morgan fingerprint density at radius 3 is 2.19 bits per heavy atom. The van der Waals surface area contributed by atoms with E-state index in [0.29, 0.717) is 37.3 Å². The number of benzene rings is 2. The molecule has 4 rings (SSSR count). The molecule has 0 spiro atoms. The number of aromatic nitrogens is 3. The van der Waals surface area contributed by atoms with Crippen molar-refractivity contribution in [2.24, 2.45) is 0 Å². The summed E-state index contributed by atoms with van der Waals surface area (Å²) in [6, 6.07) is 7.18. The molecule has 1 saturated heterocycles. The highest BCUT2D eigenvalue weighted by atomic mass is 19.4. The number of likely N-dealkylation sites (tertiary alicyclic amines) is 1. The maximum atomic E-state index is 13.2. The number of aromatic amines is 2. The lowest BCUT2D eigenvalue weighted by Crippen LogP contribution is -2.42. The van der Waals surface area contributed by atoms with Crippen LogP contribution in [-0.4, -0.2) is 37.8 Å². The van der Waals surface area contributed by atoms with E-state index in [9.17, 15) is 36.2 Å². The van der Waals surface area contributed by atoms with Crippen molar-refractivity contribution in [1.82, 2.24) is 20.1 Å². The predicted octanol–water partition coefficient (Wildman–Crippen LogP) is 4.76. The molecule has 2 heterocycles. The highest BCUT2D eigenvalue weighted by Gasteiger charge is 2.38. The number of hydrogen-bond acceptors (Lipinski definition) is 5. The van der Waals surface area contributed by atoms with E-state index in [2.05, 4.69) is 15.2 Å². The van der Waals surface area contributed by atoms with E-state index in [1.165, 1.54) is 12.1 Å². The molecule has 13 heteroatoms. The quantitative estimate of drug-likeness (QED) is 0.411. The minimum absolute atomic E-state index is 0.0267. The van der Waals surface area contributed by atoms with Crippen molar-refractivity contribution in [3.8, 4) is 5.75 Å². The van der Waals surface area contributed by atoms with E-state index in [0.717, 1.165) is 5.56 Å². The van der Waals surface area contributed by atoms with Gasteiger partial charge in [-0.15, -0.1) is 0 Å². The largest absolute Gasteiger partial charge is 0.508 e. The molecular formula is C23H22F6N4O3. The van der Waals surface area contributed by atoms with Gasteiger partial charge < -0.3 is 9.84 Å². The number of nitrogens with zero attached hydrogens (tertiary/aromatic N) is 2. The second-order valence-electron chi connectivity index (χ2n) is 8.53. The topological polar surface area (TPSA) is 94.2 Å². The van der Waals surface area contributed by atoms with Gasteiger partial charge in [-0.3, -0.25) is 10.00 Å². The summed E-state index contributed by atoms with van der Waals surface area (Å²) >= 11 is 0. The molecule has 2 atom stereocenters. The third kappa shape index (κ3) is 6.08. The first-order valence-electron chi connectivity index (χ1n) is 11.0. The number of hydrogen-bond donors (Lipinski definition) is 3. The molecule has 36 heavy (non-hydrogen) atoms. The van der Waals surface area contributed by atoms with Crippen molar-refractivity contribution in [3.63, 3.8) is 0 Å². The molecule has 0 saturated carbocycles. The summed E-state index contributed by atoms with van der Waals surface area (Å²) in [6.07, 6.45) is -9.38. The first-order chi connectivity index (χ1) is 16.9. The zero-order valence-corrected chi connectivity index (χ0v) is 18.7. The highest BCUT2D eigenvalue weighted by Crippen LogP contribution is 2.38. The Kier molecular flexibility index (Phi) is 7.14. The number of piperidine rings is 1. The molecule has 0 bridgehead atoms. The lowest BCUT2D eigenvalue weighted by atomic mass is 9.92. The summed E-state index contributed by atoms with van der Waals surface area (Å²) in [4.78, 5) is 17.2. The number of phenols is 1. The minimum Gasteiger partial charge on any atom is -0.508 e. The van der Waals surface area contributed by atoms with Crippen LogP contribution in [0, 0.1) is 0 Å². The molecule has 0 amide bonds. The maximum Gasteiger partial charge on any atom is 0.416 e. The smallest absolute Gasteiger partial charge is 0.416 e. The van der Waals surface area contributed by atoms with Crippen LogP contribution in [0.3, 0.4) is 0 Å². The lowest BCUT2D eigenvalue weighted by Gasteiger charge is -2.41. The maximum absolute atomic E-state index is 13.2. The summed E-state index contributed by atoms with van der Waals surface area (Å²) in [5.41, 5.74) is -2.90. The van der Waals surface area contributed by atoms with Crippen LogP contribution in [0.1, 0.15) is 47.0 Å². The Bertz CT molecular complexity index is 1200. The summed E-state index contributed by atoms with van der Waals surface area (Å²) in [5.74, 6) is 0.385. The van der Waals surface area contributed by atoms with Crippen LogP contribution in [0.25, 0.3) is 0 Å². The second-order valence-corrected chi connectivity index (χ2v) is 8.53. The molecule has 0 radical (unpaired) electrons. The van der Waals surface area contributed by atoms with E-state index < -0.39 is 47.9 Å². The van der Waals surface area contributed by atoms with E-state index in [-0.39, 0.29) is 23.9 Å². The Balaban J connectivity index is 1.61. The van der Waals surface area contributed by atoms with Crippen LogP contribution in [-0.2, 0) is 30.2 Å². The van der Waals surface area contributed by atoms with Crippen LogP contribution in [0.4, 0.5) is 26.3 Å². The molecule has 194 valence electrons. The highest BCUT2D eigenvalue weighted by molar-refractivity contribution is 5.33. The third-order valence-corrected chi connectivity index (χ3v) is 5.93. The molecule has 3 aromatic rings. The summed E-state index contributed by atoms with van der Waals surface area (Å²) < 4.78 is 85.4. The van der Waals surface area contributed by atoms with Gasteiger partial charge in [-0.05, 0) is 60.8 Å². The molecule has 3 N–H and O–H groups in total. The SMILES string of the molecule is O=c1nc(CN2CCC[C@@H](OCc3cc(C(F)(F)F)cc(C(F)(F)F)c3)[C@H]2c2ccc(O)cc2)[nH][nH]1. The number of rotatable bonds is 6. The average molecular weight is 516 g/mol. The van der Waals surface area contributed by atoms with Crippen molar-refractivity contribution < 1.29 is 36.2 Å². The molecule has 7 nitrogen and oxygen atoms in total. The van der Waals surface area contributed by atoms with Crippen LogP contribution in [0.15, 0.2) is 47.3 Å². The summed E-state index contributed by atoms with van der Waals surface area (Å²) in [5, 5.41) is 14.7. The zero-order chi connectivity index (χ0) is 26.1. The average Bonchev–Trinajstić information content (AvgIpc) is 3.21. The van der Waals surface area contributed by atoms with Gasteiger partial charge in [0.15, 0.2) is 0 Å². The van der Waals surface area contributed by atoms with Gasteiger partial charge in [0.25, 0.3) is 0 Å². The van der Waals surface area contributed by atoms with Crippen LogP contribution in [0.2, 0.25) is 0 Å². The van der Waals surface area contributed by atoms with Crippen molar-refractivity contribution in [2.45, 2.75) is 50.5 Å². The van der Waals surface area contributed by atoms with Gasteiger partial charge >= 0.3 is 18.0 Å². The van der Waals surface area contributed by atoms with Crippen molar-refractivity contribution in [2.75, 3.05) is 6.54 Å². The Labute approximate surface area is 200 Å².